The van der Waals surface area contributed by atoms with Gasteiger partial charge in [-0.15, -0.1) is 12.4 Å². The summed E-state index contributed by atoms with van der Waals surface area (Å²) in [6.07, 6.45) is 2.14. The molecule has 1 aliphatic carbocycles. The number of nitrogens with one attached hydrogen (secondary N) is 1. The van der Waals surface area contributed by atoms with E-state index in [1.807, 2.05) is 6.92 Å². The van der Waals surface area contributed by atoms with Crippen LogP contribution in [0.2, 0.25) is 0 Å². The number of fused-ring (bicyclic) bond motifs is 2. The SMILES string of the molecule is CC1(O)CC2CC1CN2.Cl. The van der Waals surface area contributed by atoms with E-state index in [1.165, 1.54) is 6.42 Å². The lowest BCUT2D eigenvalue weighted by molar-refractivity contribution is 0.0117. The lowest BCUT2D eigenvalue weighted by atomic mass is 9.92. The molecular weight excluding hydrogens is 150 g/mol. The highest BCUT2D eigenvalue weighted by molar-refractivity contribution is 5.85. The first kappa shape index (κ1) is 8.31. The van der Waals surface area contributed by atoms with E-state index in [2.05, 4.69) is 5.32 Å². The zero-order chi connectivity index (χ0) is 6.48. The van der Waals surface area contributed by atoms with Crippen LogP contribution in [0.15, 0.2) is 0 Å². The molecule has 0 spiro atoms. The molecule has 0 aromatic carbocycles. The molecule has 2 fully saturated rings. The molecule has 1 aliphatic heterocycles. The van der Waals surface area contributed by atoms with Crippen molar-refractivity contribution in [1.82, 2.24) is 5.32 Å². The van der Waals surface area contributed by atoms with Gasteiger partial charge in [-0.1, -0.05) is 0 Å². The molecule has 2 rings (SSSR count). The summed E-state index contributed by atoms with van der Waals surface area (Å²) in [5, 5.41) is 13.0. The standard InChI is InChI=1S/C7H13NO.ClH/c1-7(9)3-6-2-5(7)4-8-6;/h5-6,8-9H,2-4H2,1H3;1H. The molecule has 0 radical (unpaired) electrons. The van der Waals surface area contributed by atoms with Crippen LogP contribution >= 0.6 is 12.4 Å². The van der Waals surface area contributed by atoms with Crippen molar-refractivity contribution in [3.05, 3.63) is 0 Å². The fraction of sp³-hybridized carbons (Fsp3) is 1.00. The van der Waals surface area contributed by atoms with E-state index >= 15 is 0 Å². The minimum Gasteiger partial charge on any atom is -0.390 e. The molecule has 60 valence electrons. The Morgan fingerprint density at radius 1 is 1.60 bits per heavy atom. The third-order valence-electron chi connectivity index (χ3n) is 2.76. The van der Waals surface area contributed by atoms with Crippen LogP contribution in [-0.4, -0.2) is 23.3 Å². The van der Waals surface area contributed by atoms with Crippen molar-refractivity contribution in [2.24, 2.45) is 5.92 Å². The predicted octanol–water partition coefficient (Wildman–Crippen LogP) is 0.541. The highest BCUT2D eigenvalue weighted by atomic mass is 35.5. The Bertz CT molecular complexity index is 138. The monoisotopic (exact) mass is 163 g/mol. The Kier molecular flexibility index (Phi) is 1.96. The fourth-order valence-electron chi connectivity index (χ4n) is 2.11. The molecule has 3 unspecified atom stereocenters. The van der Waals surface area contributed by atoms with Gasteiger partial charge in [0.15, 0.2) is 0 Å². The average molecular weight is 164 g/mol. The van der Waals surface area contributed by atoms with Gasteiger partial charge in [0.1, 0.15) is 0 Å². The van der Waals surface area contributed by atoms with Gasteiger partial charge in [0.2, 0.25) is 0 Å². The first-order chi connectivity index (χ1) is 4.18. The molecule has 10 heavy (non-hydrogen) atoms. The Balaban J connectivity index is 0.000000500. The van der Waals surface area contributed by atoms with Crippen molar-refractivity contribution in [2.75, 3.05) is 6.54 Å². The van der Waals surface area contributed by atoms with Gasteiger partial charge in [-0.3, -0.25) is 0 Å². The largest absolute Gasteiger partial charge is 0.390 e. The van der Waals surface area contributed by atoms with Crippen molar-refractivity contribution in [3.8, 4) is 0 Å². The van der Waals surface area contributed by atoms with Crippen molar-refractivity contribution in [2.45, 2.75) is 31.4 Å². The van der Waals surface area contributed by atoms with Crippen LogP contribution in [0.5, 0.6) is 0 Å². The van der Waals surface area contributed by atoms with Gasteiger partial charge >= 0.3 is 0 Å². The lowest BCUT2D eigenvalue weighted by Crippen LogP contribution is -2.40. The quantitative estimate of drug-likeness (QED) is 0.547. The lowest BCUT2D eigenvalue weighted by Gasteiger charge is -2.28. The molecule has 2 N–H and O–H groups in total. The molecule has 3 heteroatoms. The molecule has 1 saturated heterocycles. The van der Waals surface area contributed by atoms with Gasteiger partial charge in [-0.05, 0) is 19.8 Å². The van der Waals surface area contributed by atoms with E-state index in [9.17, 15) is 5.11 Å². The van der Waals surface area contributed by atoms with E-state index in [1.54, 1.807) is 0 Å². The maximum absolute atomic E-state index is 9.64. The van der Waals surface area contributed by atoms with Crippen LogP contribution in [0.1, 0.15) is 19.8 Å². The molecule has 0 aromatic heterocycles. The van der Waals surface area contributed by atoms with Gasteiger partial charge in [0.25, 0.3) is 0 Å². The first-order valence-electron chi connectivity index (χ1n) is 3.64. The summed E-state index contributed by atoms with van der Waals surface area (Å²) in [6, 6.07) is 0.616. The maximum Gasteiger partial charge on any atom is 0.0675 e. The topological polar surface area (TPSA) is 32.3 Å². The first-order valence-corrected chi connectivity index (χ1v) is 3.64. The van der Waals surface area contributed by atoms with Gasteiger partial charge in [0.05, 0.1) is 5.60 Å². The Labute approximate surface area is 67.4 Å². The van der Waals surface area contributed by atoms with Crippen LogP contribution in [0.25, 0.3) is 0 Å². The molecule has 1 saturated carbocycles. The molecule has 2 nitrogen and oxygen atoms in total. The summed E-state index contributed by atoms with van der Waals surface area (Å²) in [4.78, 5) is 0. The molecular formula is C7H14ClNO. The summed E-state index contributed by atoms with van der Waals surface area (Å²) >= 11 is 0. The Morgan fingerprint density at radius 2 is 2.30 bits per heavy atom. The number of hydrogen-bond donors (Lipinski definition) is 2. The van der Waals surface area contributed by atoms with Crippen molar-refractivity contribution in [1.29, 1.82) is 0 Å². The number of hydrogen-bond acceptors (Lipinski definition) is 2. The molecule has 2 bridgehead atoms. The van der Waals surface area contributed by atoms with E-state index < -0.39 is 0 Å². The van der Waals surface area contributed by atoms with Crippen LogP contribution < -0.4 is 5.32 Å². The second-order valence-electron chi connectivity index (χ2n) is 3.60. The predicted molar refractivity (Wildman–Crippen MR) is 42.4 cm³/mol. The molecule has 0 aromatic rings. The summed E-state index contributed by atoms with van der Waals surface area (Å²) < 4.78 is 0. The maximum atomic E-state index is 9.64. The summed E-state index contributed by atoms with van der Waals surface area (Å²) in [6.45, 7) is 2.98. The van der Waals surface area contributed by atoms with Crippen LogP contribution in [0.4, 0.5) is 0 Å². The number of aliphatic hydroxyl groups is 1. The molecule has 1 heterocycles. The second-order valence-corrected chi connectivity index (χ2v) is 3.60. The molecule has 0 amide bonds. The van der Waals surface area contributed by atoms with Crippen molar-refractivity contribution in [3.63, 3.8) is 0 Å². The normalized spacial score (nSPS) is 51.0. The molecule has 2 aliphatic rings. The smallest absolute Gasteiger partial charge is 0.0675 e. The van der Waals surface area contributed by atoms with E-state index in [-0.39, 0.29) is 18.0 Å². The third kappa shape index (κ3) is 1.04. The zero-order valence-electron chi connectivity index (χ0n) is 6.13. The zero-order valence-corrected chi connectivity index (χ0v) is 6.95. The fourth-order valence-corrected chi connectivity index (χ4v) is 2.11. The van der Waals surface area contributed by atoms with Crippen LogP contribution in [0.3, 0.4) is 0 Å². The van der Waals surface area contributed by atoms with Crippen molar-refractivity contribution >= 4 is 12.4 Å². The van der Waals surface area contributed by atoms with E-state index in [4.69, 9.17) is 0 Å². The van der Waals surface area contributed by atoms with Crippen molar-refractivity contribution < 1.29 is 5.11 Å². The van der Waals surface area contributed by atoms with Gasteiger partial charge in [-0.2, -0.15) is 0 Å². The summed E-state index contributed by atoms with van der Waals surface area (Å²) in [5.41, 5.74) is -0.351. The highest BCUT2D eigenvalue weighted by Crippen LogP contribution is 2.39. The minimum atomic E-state index is -0.351. The number of rotatable bonds is 0. The summed E-state index contributed by atoms with van der Waals surface area (Å²) in [5.74, 6) is 0.530. The molecule has 3 atom stereocenters. The van der Waals surface area contributed by atoms with Crippen LogP contribution in [-0.2, 0) is 0 Å². The van der Waals surface area contributed by atoms with Crippen LogP contribution in [0, 0.1) is 5.92 Å². The van der Waals surface area contributed by atoms with E-state index in [0.29, 0.717) is 12.0 Å². The number of piperidine rings is 1. The van der Waals surface area contributed by atoms with Gasteiger partial charge in [-0.25, -0.2) is 0 Å². The Morgan fingerprint density at radius 3 is 2.50 bits per heavy atom. The third-order valence-corrected chi connectivity index (χ3v) is 2.76. The Hall–Kier alpha value is 0.210. The van der Waals surface area contributed by atoms with Gasteiger partial charge < -0.3 is 10.4 Å². The second kappa shape index (κ2) is 2.36. The minimum absolute atomic E-state index is 0. The highest BCUT2D eigenvalue weighted by Gasteiger charge is 2.46. The van der Waals surface area contributed by atoms with E-state index in [0.717, 1.165) is 13.0 Å². The average Bonchev–Trinajstić information content (AvgIpc) is 2.19. The summed E-state index contributed by atoms with van der Waals surface area (Å²) in [7, 11) is 0. The number of halogens is 1. The van der Waals surface area contributed by atoms with Gasteiger partial charge in [0, 0.05) is 18.5 Å².